The van der Waals surface area contributed by atoms with E-state index < -0.39 is 4.92 Å². The van der Waals surface area contributed by atoms with Gasteiger partial charge in [0.25, 0.3) is 5.69 Å². The number of nitriles is 1. The van der Waals surface area contributed by atoms with Crippen molar-refractivity contribution in [3.8, 4) is 11.8 Å². The van der Waals surface area contributed by atoms with Gasteiger partial charge in [-0.05, 0) is 18.9 Å². The Morgan fingerprint density at radius 1 is 1.53 bits per heavy atom. The van der Waals surface area contributed by atoms with Crippen LogP contribution in [0.4, 0.5) is 5.69 Å². The van der Waals surface area contributed by atoms with Crippen LogP contribution in [0.1, 0.15) is 18.4 Å². The van der Waals surface area contributed by atoms with Gasteiger partial charge in [0.1, 0.15) is 11.8 Å². The van der Waals surface area contributed by atoms with E-state index in [0.29, 0.717) is 5.75 Å². The van der Waals surface area contributed by atoms with Crippen LogP contribution >= 0.6 is 0 Å². The topological polar surface area (TPSA) is 76.2 Å². The fourth-order valence-electron chi connectivity index (χ4n) is 1.25. The quantitative estimate of drug-likeness (QED) is 0.557. The smallest absolute Gasteiger partial charge is 0.290 e. The highest BCUT2D eigenvalue weighted by molar-refractivity contribution is 5.56. The molecule has 0 atom stereocenters. The summed E-state index contributed by atoms with van der Waals surface area (Å²) >= 11 is 0. The van der Waals surface area contributed by atoms with Crippen LogP contribution in [-0.2, 0) is 0 Å². The molecule has 0 N–H and O–H groups in total. The zero-order valence-electron chi connectivity index (χ0n) is 7.84. The zero-order valence-corrected chi connectivity index (χ0v) is 7.84. The van der Waals surface area contributed by atoms with Crippen molar-refractivity contribution in [1.82, 2.24) is 0 Å². The molecule has 2 rings (SSSR count). The van der Waals surface area contributed by atoms with Gasteiger partial charge in [-0.3, -0.25) is 10.1 Å². The molecule has 0 radical (unpaired) electrons. The van der Waals surface area contributed by atoms with Crippen LogP contribution in [0, 0.1) is 21.4 Å². The first-order valence-corrected chi connectivity index (χ1v) is 4.56. The molecule has 1 aromatic carbocycles. The molecule has 0 aliphatic heterocycles. The minimum atomic E-state index is -0.571. The van der Waals surface area contributed by atoms with E-state index in [4.69, 9.17) is 10.00 Å². The normalized spacial score (nSPS) is 14.3. The predicted molar refractivity (Wildman–Crippen MR) is 51.5 cm³/mol. The predicted octanol–water partition coefficient (Wildman–Crippen LogP) is 2.01. The Hall–Kier alpha value is -2.09. The van der Waals surface area contributed by atoms with Crippen molar-refractivity contribution in [3.63, 3.8) is 0 Å². The molecule has 15 heavy (non-hydrogen) atoms. The molecule has 0 amide bonds. The monoisotopic (exact) mass is 204 g/mol. The molecule has 1 aromatic rings. The van der Waals surface area contributed by atoms with Crippen LogP contribution in [-0.4, -0.2) is 11.0 Å². The highest BCUT2D eigenvalue weighted by Gasteiger charge is 2.27. The summed E-state index contributed by atoms with van der Waals surface area (Å²) < 4.78 is 5.41. The molecule has 1 saturated carbocycles. The molecule has 5 heteroatoms. The van der Waals surface area contributed by atoms with Crippen molar-refractivity contribution in [2.45, 2.75) is 18.9 Å². The maximum Gasteiger partial charge on any atom is 0.290 e. The number of hydrogen-bond donors (Lipinski definition) is 0. The van der Waals surface area contributed by atoms with Gasteiger partial charge in [-0.2, -0.15) is 5.26 Å². The van der Waals surface area contributed by atoms with Crippen molar-refractivity contribution in [1.29, 1.82) is 5.26 Å². The van der Waals surface area contributed by atoms with Gasteiger partial charge in [-0.25, -0.2) is 0 Å². The van der Waals surface area contributed by atoms with Crippen molar-refractivity contribution in [2.75, 3.05) is 0 Å². The number of benzene rings is 1. The molecule has 76 valence electrons. The van der Waals surface area contributed by atoms with Gasteiger partial charge in [0, 0.05) is 6.07 Å². The van der Waals surface area contributed by atoms with E-state index in [1.54, 1.807) is 6.07 Å². The van der Waals surface area contributed by atoms with Gasteiger partial charge in [-0.1, -0.05) is 6.07 Å². The lowest BCUT2D eigenvalue weighted by Gasteiger charge is -2.05. The standard InChI is InChI=1S/C10H8N2O3/c11-6-8-9(12(13)14)2-1-3-10(8)15-7-4-5-7/h1-3,7H,4-5H2. The van der Waals surface area contributed by atoms with Gasteiger partial charge >= 0.3 is 0 Å². The van der Waals surface area contributed by atoms with E-state index in [2.05, 4.69) is 0 Å². The van der Waals surface area contributed by atoms with Crippen LogP contribution in [0.25, 0.3) is 0 Å². The lowest BCUT2D eigenvalue weighted by Crippen LogP contribution is -2.00. The third-order valence-electron chi connectivity index (χ3n) is 2.13. The van der Waals surface area contributed by atoms with Crippen LogP contribution in [0.15, 0.2) is 18.2 Å². The largest absolute Gasteiger partial charge is 0.489 e. The Bertz CT molecular complexity index is 446. The molecule has 0 unspecified atom stereocenters. The molecule has 1 aliphatic rings. The average molecular weight is 204 g/mol. The Morgan fingerprint density at radius 3 is 2.80 bits per heavy atom. The second kappa shape index (κ2) is 3.58. The fourth-order valence-corrected chi connectivity index (χ4v) is 1.25. The number of nitrogens with zero attached hydrogens (tertiary/aromatic N) is 2. The molecule has 0 spiro atoms. The number of nitro groups is 1. The van der Waals surface area contributed by atoms with E-state index in [9.17, 15) is 10.1 Å². The summed E-state index contributed by atoms with van der Waals surface area (Å²) in [7, 11) is 0. The summed E-state index contributed by atoms with van der Waals surface area (Å²) in [6, 6.07) is 6.23. The number of rotatable bonds is 3. The first-order chi connectivity index (χ1) is 7.22. The Balaban J connectivity index is 2.40. The summed E-state index contributed by atoms with van der Waals surface area (Å²) in [5.41, 5.74) is -0.190. The lowest BCUT2D eigenvalue weighted by atomic mass is 10.2. The van der Waals surface area contributed by atoms with Gasteiger partial charge in [0.05, 0.1) is 11.0 Å². The minimum absolute atomic E-state index is 0.00870. The fraction of sp³-hybridized carbons (Fsp3) is 0.300. The molecular weight excluding hydrogens is 196 g/mol. The molecule has 0 aromatic heterocycles. The molecule has 1 aliphatic carbocycles. The third-order valence-corrected chi connectivity index (χ3v) is 2.13. The van der Waals surface area contributed by atoms with E-state index in [0.717, 1.165) is 12.8 Å². The SMILES string of the molecule is N#Cc1c(OC2CC2)cccc1[N+](=O)[O-]. The second-order valence-corrected chi connectivity index (χ2v) is 3.34. The Labute approximate surface area is 86.0 Å². The van der Waals surface area contributed by atoms with Gasteiger partial charge in [-0.15, -0.1) is 0 Å². The summed E-state index contributed by atoms with van der Waals surface area (Å²) in [5.74, 6) is 0.314. The maximum absolute atomic E-state index is 10.6. The summed E-state index contributed by atoms with van der Waals surface area (Å²) in [6.45, 7) is 0. The zero-order chi connectivity index (χ0) is 10.8. The first-order valence-electron chi connectivity index (χ1n) is 4.56. The molecule has 1 fully saturated rings. The van der Waals surface area contributed by atoms with Gasteiger partial charge < -0.3 is 4.74 Å². The highest BCUT2D eigenvalue weighted by atomic mass is 16.6. The van der Waals surface area contributed by atoms with E-state index >= 15 is 0 Å². The van der Waals surface area contributed by atoms with Crippen LogP contribution in [0.3, 0.4) is 0 Å². The van der Waals surface area contributed by atoms with Crippen molar-refractivity contribution in [3.05, 3.63) is 33.9 Å². The summed E-state index contributed by atoms with van der Waals surface area (Å²) in [5, 5.41) is 19.5. The third kappa shape index (κ3) is 1.89. The van der Waals surface area contributed by atoms with E-state index in [-0.39, 0.29) is 17.4 Å². The second-order valence-electron chi connectivity index (χ2n) is 3.34. The number of ether oxygens (including phenoxy) is 1. The molecular formula is C10H8N2O3. The minimum Gasteiger partial charge on any atom is -0.489 e. The van der Waals surface area contributed by atoms with E-state index in [1.807, 2.05) is 6.07 Å². The molecule has 0 saturated heterocycles. The molecule has 5 nitrogen and oxygen atoms in total. The molecule has 0 heterocycles. The van der Waals surface area contributed by atoms with Crippen molar-refractivity contribution < 1.29 is 9.66 Å². The number of nitro benzene ring substituents is 1. The average Bonchev–Trinajstić information content (AvgIpc) is 3.01. The lowest BCUT2D eigenvalue weighted by molar-refractivity contribution is -0.385. The van der Waals surface area contributed by atoms with Gasteiger partial charge in [0.2, 0.25) is 0 Å². The summed E-state index contributed by atoms with van der Waals surface area (Å²) in [4.78, 5) is 10.1. The van der Waals surface area contributed by atoms with Crippen molar-refractivity contribution in [2.24, 2.45) is 0 Å². The first kappa shape index (κ1) is 9.46. The molecule has 0 bridgehead atoms. The highest BCUT2D eigenvalue weighted by Crippen LogP contribution is 2.32. The summed E-state index contributed by atoms with van der Waals surface area (Å²) in [6.07, 6.45) is 2.03. The number of hydrogen-bond acceptors (Lipinski definition) is 4. The maximum atomic E-state index is 10.6. The Morgan fingerprint density at radius 2 is 2.27 bits per heavy atom. The van der Waals surface area contributed by atoms with Gasteiger partial charge in [0.15, 0.2) is 5.56 Å². The van der Waals surface area contributed by atoms with Crippen LogP contribution in [0.2, 0.25) is 0 Å². The van der Waals surface area contributed by atoms with Crippen LogP contribution < -0.4 is 4.74 Å². The van der Waals surface area contributed by atoms with E-state index in [1.165, 1.54) is 12.1 Å². The van der Waals surface area contributed by atoms with Crippen LogP contribution in [0.5, 0.6) is 5.75 Å². The van der Waals surface area contributed by atoms with Crippen molar-refractivity contribution >= 4 is 5.69 Å². The Kier molecular flexibility index (Phi) is 2.26.